The first-order valence-corrected chi connectivity index (χ1v) is 11.9. The Morgan fingerprint density at radius 1 is 1.13 bits per heavy atom. The zero-order valence-corrected chi connectivity index (χ0v) is 18.1. The summed E-state index contributed by atoms with van der Waals surface area (Å²) >= 11 is 0. The summed E-state index contributed by atoms with van der Waals surface area (Å²) in [6.07, 6.45) is 7.18. The van der Waals surface area contributed by atoms with E-state index >= 15 is 0 Å². The highest BCUT2D eigenvalue weighted by atomic mass is 32.2. The maximum absolute atomic E-state index is 13.2. The first-order valence-electron chi connectivity index (χ1n) is 10.5. The fourth-order valence-electron chi connectivity index (χ4n) is 4.72. The van der Waals surface area contributed by atoms with E-state index in [1.165, 1.54) is 3.97 Å². The number of aliphatic hydroxyl groups excluding tert-OH is 1. The Balaban J connectivity index is 1.68. The molecule has 0 bridgehead atoms. The van der Waals surface area contributed by atoms with Crippen LogP contribution in [0.1, 0.15) is 37.5 Å². The van der Waals surface area contributed by atoms with E-state index < -0.39 is 10.0 Å². The van der Waals surface area contributed by atoms with E-state index in [0.29, 0.717) is 23.0 Å². The van der Waals surface area contributed by atoms with Crippen molar-refractivity contribution in [1.29, 1.82) is 0 Å². The minimum atomic E-state index is -3.77. The van der Waals surface area contributed by atoms with E-state index in [1.807, 2.05) is 7.05 Å². The van der Waals surface area contributed by atoms with Crippen LogP contribution < -0.4 is 5.32 Å². The highest BCUT2D eigenvalue weighted by Crippen LogP contribution is 2.36. The minimum absolute atomic E-state index is 0.175. The minimum Gasteiger partial charge on any atom is -0.388 e. The van der Waals surface area contributed by atoms with Gasteiger partial charge in [0.2, 0.25) is 0 Å². The molecule has 0 amide bonds. The molecule has 0 saturated heterocycles. The highest BCUT2D eigenvalue weighted by molar-refractivity contribution is 7.90. The second-order valence-corrected chi connectivity index (χ2v) is 9.82. The molecule has 1 aliphatic rings. The van der Waals surface area contributed by atoms with Crippen molar-refractivity contribution < 1.29 is 13.5 Å². The Morgan fingerprint density at radius 3 is 2.55 bits per heavy atom. The normalized spacial score (nSPS) is 19.9. The zero-order chi connectivity index (χ0) is 21.6. The van der Waals surface area contributed by atoms with Gasteiger partial charge in [0.25, 0.3) is 10.0 Å². The first-order chi connectivity index (χ1) is 15.0. The highest BCUT2D eigenvalue weighted by Gasteiger charge is 2.27. The van der Waals surface area contributed by atoms with Crippen LogP contribution in [-0.2, 0) is 16.6 Å². The van der Waals surface area contributed by atoms with Crippen molar-refractivity contribution >= 4 is 32.1 Å². The van der Waals surface area contributed by atoms with Gasteiger partial charge in [-0.3, -0.25) is 0 Å². The summed E-state index contributed by atoms with van der Waals surface area (Å²) < 4.78 is 29.8. The van der Waals surface area contributed by atoms with Crippen molar-refractivity contribution in [3.63, 3.8) is 0 Å². The molecule has 2 N–H and O–H groups in total. The topological polar surface area (TPSA) is 102 Å². The van der Waals surface area contributed by atoms with Crippen LogP contribution in [0.3, 0.4) is 0 Å². The number of rotatable bonds is 5. The molecule has 5 rings (SSSR count). The average Bonchev–Trinajstić information content (AvgIpc) is 3.41. The SMILES string of the molecule is CNC1CCC(n2c(CO)nc3cnc4c(ccn4S(=O)(=O)c4ccccc4)c32)CC1. The van der Waals surface area contributed by atoms with Gasteiger partial charge < -0.3 is 15.0 Å². The molecule has 3 aromatic heterocycles. The maximum atomic E-state index is 13.2. The van der Waals surface area contributed by atoms with Crippen LogP contribution in [-0.4, -0.2) is 45.1 Å². The van der Waals surface area contributed by atoms with Crippen molar-refractivity contribution in [2.45, 2.75) is 49.3 Å². The lowest BCUT2D eigenvalue weighted by atomic mass is 9.91. The molecule has 1 saturated carbocycles. The molecule has 0 atom stereocenters. The van der Waals surface area contributed by atoms with Crippen molar-refractivity contribution in [2.75, 3.05) is 7.05 Å². The molecule has 1 aromatic carbocycles. The van der Waals surface area contributed by atoms with Gasteiger partial charge in [0.1, 0.15) is 17.9 Å². The summed E-state index contributed by atoms with van der Waals surface area (Å²) in [5.41, 5.74) is 1.87. The molecule has 3 heterocycles. The molecule has 9 heteroatoms. The number of aromatic nitrogens is 4. The number of nitrogens with zero attached hydrogens (tertiary/aromatic N) is 4. The summed E-state index contributed by atoms with van der Waals surface area (Å²) in [5.74, 6) is 0.593. The standard InChI is InChI=1S/C22H25N5O3S/c1-23-15-7-9-16(10-8-15)27-20(14-28)25-19-13-24-22-18(21(19)27)11-12-26(22)31(29,30)17-5-3-2-4-6-17/h2-6,11-13,15-16,23,28H,7-10,14H2,1H3. The monoisotopic (exact) mass is 439 g/mol. The second kappa shape index (κ2) is 7.74. The van der Waals surface area contributed by atoms with Gasteiger partial charge in [-0.25, -0.2) is 22.4 Å². The third-order valence-electron chi connectivity index (χ3n) is 6.31. The first kappa shape index (κ1) is 20.2. The van der Waals surface area contributed by atoms with Crippen LogP contribution >= 0.6 is 0 Å². The number of benzene rings is 1. The molecule has 0 unspecified atom stereocenters. The van der Waals surface area contributed by atoms with E-state index in [9.17, 15) is 13.5 Å². The van der Waals surface area contributed by atoms with Crippen molar-refractivity contribution in [3.05, 3.63) is 54.6 Å². The second-order valence-electron chi connectivity index (χ2n) is 8.01. The van der Waals surface area contributed by atoms with Gasteiger partial charge in [0.05, 0.1) is 16.6 Å². The van der Waals surface area contributed by atoms with Crippen LogP contribution in [0.2, 0.25) is 0 Å². The molecule has 1 fully saturated rings. The maximum Gasteiger partial charge on any atom is 0.269 e. The van der Waals surface area contributed by atoms with E-state index in [0.717, 1.165) is 36.6 Å². The van der Waals surface area contributed by atoms with Crippen LogP contribution in [0.4, 0.5) is 0 Å². The Hall–Kier alpha value is -2.75. The number of imidazole rings is 1. The zero-order valence-electron chi connectivity index (χ0n) is 17.3. The van der Waals surface area contributed by atoms with Gasteiger partial charge in [0, 0.05) is 23.7 Å². The molecule has 1 aliphatic carbocycles. The Kier molecular flexibility index (Phi) is 5.04. The number of hydrogen-bond donors (Lipinski definition) is 2. The molecule has 0 spiro atoms. The van der Waals surface area contributed by atoms with E-state index in [2.05, 4.69) is 19.9 Å². The molecule has 8 nitrogen and oxygen atoms in total. The quantitative estimate of drug-likeness (QED) is 0.496. The lowest BCUT2D eigenvalue weighted by Crippen LogP contribution is -2.31. The van der Waals surface area contributed by atoms with Gasteiger partial charge in [-0.2, -0.15) is 0 Å². The molecular formula is C22H25N5O3S. The summed E-state index contributed by atoms with van der Waals surface area (Å²) in [4.78, 5) is 9.25. The molecule has 4 aromatic rings. The summed E-state index contributed by atoms with van der Waals surface area (Å²) in [6, 6.07) is 10.8. The van der Waals surface area contributed by atoms with E-state index in [-0.39, 0.29) is 17.5 Å². The third kappa shape index (κ3) is 3.24. The number of aliphatic hydroxyl groups is 1. The number of nitrogens with one attached hydrogen (secondary N) is 1. The molecule has 0 radical (unpaired) electrons. The van der Waals surface area contributed by atoms with Crippen molar-refractivity contribution in [1.82, 2.24) is 23.8 Å². The van der Waals surface area contributed by atoms with Gasteiger partial charge >= 0.3 is 0 Å². The third-order valence-corrected chi connectivity index (χ3v) is 7.99. The van der Waals surface area contributed by atoms with Crippen LogP contribution in [0.25, 0.3) is 22.1 Å². The lowest BCUT2D eigenvalue weighted by molar-refractivity contribution is 0.246. The van der Waals surface area contributed by atoms with Crippen molar-refractivity contribution in [2.24, 2.45) is 0 Å². The molecule has 31 heavy (non-hydrogen) atoms. The molecule has 162 valence electrons. The van der Waals surface area contributed by atoms with Gasteiger partial charge in [-0.1, -0.05) is 18.2 Å². The number of hydrogen-bond acceptors (Lipinski definition) is 6. The van der Waals surface area contributed by atoms with E-state index in [4.69, 9.17) is 0 Å². The summed E-state index contributed by atoms with van der Waals surface area (Å²) in [5, 5.41) is 14.1. The predicted molar refractivity (Wildman–Crippen MR) is 118 cm³/mol. The average molecular weight is 440 g/mol. The molecule has 0 aliphatic heterocycles. The summed E-state index contributed by atoms with van der Waals surface area (Å²) in [6.45, 7) is -0.175. The van der Waals surface area contributed by atoms with Gasteiger partial charge in [-0.05, 0) is 50.9 Å². The number of fused-ring (bicyclic) bond motifs is 3. The summed E-state index contributed by atoms with van der Waals surface area (Å²) in [7, 11) is -1.78. The van der Waals surface area contributed by atoms with Crippen molar-refractivity contribution in [3.8, 4) is 0 Å². The van der Waals surface area contributed by atoms with Gasteiger partial charge in [-0.15, -0.1) is 0 Å². The fraction of sp³-hybridized carbons (Fsp3) is 0.364. The largest absolute Gasteiger partial charge is 0.388 e. The Labute approximate surface area is 180 Å². The smallest absolute Gasteiger partial charge is 0.269 e. The Morgan fingerprint density at radius 2 is 1.87 bits per heavy atom. The van der Waals surface area contributed by atoms with Crippen LogP contribution in [0.15, 0.2) is 53.7 Å². The predicted octanol–water partition coefficient (Wildman–Crippen LogP) is 2.82. The lowest BCUT2D eigenvalue weighted by Gasteiger charge is -2.30. The van der Waals surface area contributed by atoms with Crippen LogP contribution in [0, 0.1) is 0 Å². The van der Waals surface area contributed by atoms with Gasteiger partial charge in [0.15, 0.2) is 5.65 Å². The fourth-order valence-corrected chi connectivity index (χ4v) is 6.05. The molecular weight excluding hydrogens is 414 g/mol. The Bertz CT molecular complexity index is 1340. The van der Waals surface area contributed by atoms with Crippen LogP contribution in [0.5, 0.6) is 0 Å². The number of pyridine rings is 1. The van der Waals surface area contributed by atoms with E-state index in [1.54, 1.807) is 48.8 Å².